The summed E-state index contributed by atoms with van der Waals surface area (Å²) in [6.07, 6.45) is 6.07. The van der Waals surface area contributed by atoms with E-state index in [2.05, 4.69) is 28.3 Å². The highest BCUT2D eigenvalue weighted by Crippen LogP contribution is 2.50. The summed E-state index contributed by atoms with van der Waals surface area (Å²) in [6, 6.07) is 11.4. The lowest BCUT2D eigenvalue weighted by Crippen LogP contribution is -2.33. The number of sulfonamides is 1. The van der Waals surface area contributed by atoms with Crippen LogP contribution in [0.2, 0.25) is 0 Å². The third-order valence-corrected chi connectivity index (χ3v) is 7.97. The molecular weight excluding hydrogens is 412 g/mol. The van der Waals surface area contributed by atoms with E-state index in [1.165, 1.54) is 0 Å². The highest BCUT2D eigenvalue weighted by molar-refractivity contribution is 7.89. The number of ether oxygens (including phenoxy) is 2. The first-order valence-corrected chi connectivity index (χ1v) is 12.2. The quantitative estimate of drug-likeness (QED) is 0.613. The van der Waals surface area contributed by atoms with Crippen molar-refractivity contribution in [3.63, 3.8) is 0 Å². The summed E-state index contributed by atoms with van der Waals surface area (Å²) < 4.78 is 39.3. The zero-order valence-electron chi connectivity index (χ0n) is 18.4. The average molecular weight is 443 g/mol. The van der Waals surface area contributed by atoms with Crippen molar-refractivity contribution in [1.82, 2.24) is 4.72 Å². The van der Waals surface area contributed by atoms with Crippen molar-refractivity contribution in [3.05, 3.63) is 59.7 Å². The lowest BCUT2D eigenvalue weighted by molar-refractivity contribution is 0.353. The van der Waals surface area contributed by atoms with Crippen molar-refractivity contribution >= 4 is 15.7 Å². The fraction of sp³-hybridized carbons (Fsp3) is 0.417. The molecule has 1 aliphatic heterocycles. The van der Waals surface area contributed by atoms with Gasteiger partial charge in [0.25, 0.3) is 0 Å². The third kappa shape index (κ3) is 4.04. The Morgan fingerprint density at radius 2 is 1.90 bits per heavy atom. The summed E-state index contributed by atoms with van der Waals surface area (Å²) in [6.45, 7) is 3.84. The molecule has 0 fully saturated rings. The van der Waals surface area contributed by atoms with Gasteiger partial charge in [-0.1, -0.05) is 25.1 Å². The molecule has 2 aromatic rings. The number of hydrogen-bond acceptors (Lipinski definition) is 5. The highest BCUT2D eigenvalue weighted by Gasteiger charge is 2.38. The smallest absolute Gasteiger partial charge is 0.240 e. The molecule has 0 radical (unpaired) electrons. The first-order valence-electron chi connectivity index (χ1n) is 10.7. The maximum absolute atomic E-state index is 12.8. The molecule has 1 aliphatic carbocycles. The predicted molar refractivity (Wildman–Crippen MR) is 122 cm³/mol. The standard InChI is InChI=1S/C24H30N2O4S/c1-5-15(2)26-31(27,28)17-10-11-21-20(14-17)18-7-6-8-19(18)24(25-21)16-9-12-22(29-3)23(13-16)30-4/h6-7,9-15,18-19,24-26H,5,8H2,1-4H3. The predicted octanol–water partition coefficient (Wildman–Crippen LogP) is 4.61. The van der Waals surface area contributed by atoms with Gasteiger partial charge < -0.3 is 14.8 Å². The molecule has 0 saturated carbocycles. The zero-order valence-corrected chi connectivity index (χ0v) is 19.2. The van der Waals surface area contributed by atoms with Crippen LogP contribution in [-0.2, 0) is 10.0 Å². The Kier molecular flexibility index (Phi) is 5.99. The van der Waals surface area contributed by atoms with E-state index < -0.39 is 10.0 Å². The van der Waals surface area contributed by atoms with Gasteiger partial charge in [0.2, 0.25) is 10.0 Å². The Bertz CT molecular complexity index is 1100. The lowest BCUT2D eigenvalue weighted by Gasteiger charge is -2.38. The number of fused-ring (bicyclic) bond motifs is 3. The van der Waals surface area contributed by atoms with E-state index in [0.29, 0.717) is 22.3 Å². The van der Waals surface area contributed by atoms with Crippen molar-refractivity contribution < 1.29 is 17.9 Å². The Labute approximate surface area is 184 Å². The second-order valence-electron chi connectivity index (χ2n) is 8.27. The molecule has 166 valence electrons. The van der Waals surface area contributed by atoms with Gasteiger partial charge in [0.1, 0.15) is 0 Å². The van der Waals surface area contributed by atoms with Crippen molar-refractivity contribution in [2.45, 2.75) is 49.6 Å². The van der Waals surface area contributed by atoms with Crippen LogP contribution in [0.5, 0.6) is 11.5 Å². The van der Waals surface area contributed by atoms with Crippen molar-refractivity contribution in [2.24, 2.45) is 5.92 Å². The molecule has 0 bridgehead atoms. The van der Waals surface area contributed by atoms with Crippen molar-refractivity contribution in [3.8, 4) is 11.5 Å². The van der Waals surface area contributed by atoms with Crippen LogP contribution in [0.4, 0.5) is 5.69 Å². The minimum Gasteiger partial charge on any atom is -0.493 e. The molecule has 31 heavy (non-hydrogen) atoms. The summed E-state index contributed by atoms with van der Waals surface area (Å²) in [5.41, 5.74) is 3.12. The van der Waals surface area contributed by atoms with Gasteiger partial charge in [-0.05, 0) is 67.1 Å². The van der Waals surface area contributed by atoms with Gasteiger partial charge in [-0.3, -0.25) is 0 Å². The van der Waals surface area contributed by atoms with E-state index in [9.17, 15) is 8.42 Å². The fourth-order valence-electron chi connectivity index (χ4n) is 4.53. The Hall–Kier alpha value is -2.51. The van der Waals surface area contributed by atoms with E-state index in [4.69, 9.17) is 9.47 Å². The van der Waals surface area contributed by atoms with Crippen LogP contribution in [0.25, 0.3) is 0 Å². The van der Waals surface area contributed by atoms with E-state index in [1.54, 1.807) is 20.3 Å². The van der Waals surface area contributed by atoms with E-state index in [0.717, 1.165) is 29.7 Å². The van der Waals surface area contributed by atoms with Gasteiger partial charge >= 0.3 is 0 Å². The molecule has 0 amide bonds. The molecule has 7 heteroatoms. The normalized spacial score (nSPS) is 22.9. The SMILES string of the molecule is CCC(C)NS(=O)(=O)c1ccc2c(c1)C1C=CCC1C(c1ccc(OC)c(OC)c1)N2. The Morgan fingerprint density at radius 1 is 1.13 bits per heavy atom. The number of anilines is 1. The second-order valence-corrected chi connectivity index (χ2v) is 9.98. The number of nitrogens with one attached hydrogen (secondary N) is 2. The summed E-state index contributed by atoms with van der Waals surface area (Å²) in [5, 5.41) is 3.65. The fourth-order valence-corrected chi connectivity index (χ4v) is 5.89. The molecule has 2 aliphatic rings. The van der Waals surface area contributed by atoms with E-state index in [1.807, 2.05) is 38.1 Å². The van der Waals surface area contributed by atoms with Gasteiger partial charge in [-0.15, -0.1) is 0 Å². The average Bonchev–Trinajstić information content (AvgIpc) is 3.27. The largest absolute Gasteiger partial charge is 0.493 e. The minimum atomic E-state index is -3.55. The topological polar surface area (TPSA) is 76.7 Å². The van der Waals surface area contributed by atoms with E-state index in [-0.39, 0.29) is 18.0 Å². The molecule has 0 aromatic heterocycles. The summed E-state index contributed by atoms with van der Waals surface area (Å²) in [5.74, 6) is 1.86. The Morgan fingerprint density at radius 3 is 2.61 bits per heavy atom. The molecule has 0 saturated heterocycles. The second kappa shape index (κ2) is 8.55. The number of allylic oxidation sites excluding steroid dienone is 2. The molecule has 4 rings (SSSR count). The maximum atomic E-state index is 12.8. The van der Waals surface area contributed by atoms with Crippen molar-refractivity contribution in [2.75, 3.05) is 19.5 Å². The molecule has 4 unspecified atom stereocenters. The monoisotopic (exact) mass is 442 g/mol. The molecule has 1 heterocycles. The molecule has 2 aromatic carbocycles. The number of rotatable bonds is 7. The van der Waals surface area contributed by atoms with Gasteiger partial charge in [0.15, 0.2) is 11.5 Å². The molecule has 0 spiro atoms. The van der Waals surface area contributed by atoms with E-state index >= 15 is 0 Å². The third-order valence-electron chi connectivity index (χ3n) is 6.38. The first kappa shape index (κ1) is 21.7. The van der Waals surface area contributed by atoms with Crippen LogP contribution in [0, 0.1) is 5.92 Å². The van der Waals surface area contributed by atoms with Crippen LogP contribution >= 0.6 is 0 Å². The van der Waals surface area contributed by atoms with Crippen molar-refractivity contribution in [1.29, 1.82) is 0 Å². The number of hydrogen-bond donors (Lipinski definition) is 2. The summed E-state index contributed by atoms with van der Waals surface area (Å²) >= 11 is 0. The molecule has 6 nitrogen and oxygen atoms in total. The van der Waals surface area contributed by atoms with Gasteiger partial charge in [-0.25, -0.2) is 13.1 Å². The zero-order chi connectivity index (χ0) is 22.2. The maximum Gasteiger partial charge on any atom is 0.240 e. The van der Waals surface area contributed by atoms with Gasteiger partial charge in [0, 0.05) is 17.6 Å². The van der Waals surface area contributed by atoms with Crippen LogP contribution in [-0.4, -0.2) is 28.7 Å². The summed E-state index contributed by atoms with van der Waals surface area (Å²) in [4.78, 5) is 0.317. The van der Waals surface area contributed by atoms with Crippen LogP contribution in [0.15, 0.2) is 53.4 Å². The lowest BCUT2D eigenvalue weighted by atomic mass is 9.77. The molecule has 2 N–H and O–H groups in total. The van der Waals surface area contributed by atoms with Gasteiger partial charge in [0.05, 0.1) is 25.2 Å². The van der Waals surface area contributed by atoms with Crippen LogP contribution in [0.3, 0.4) is 0 Å². The number of benzene rings is 2. The van der Waals surface area contributed by atoms with Crippen LogP contribution < -0.4 is 19.5 Å². The van der Waals surface area contributed by atoms with Crippen LogP contribution in [0.1, 0.15) is 49.8 Å². The minimum absolute atomic E-state index is 0.0907. The first-order chi connectivity index (χ1) is 14.9. The molecular formula is C24H30N2O4S. The summed E-state index contributed by atoms with van der Waals surface area (Å²) in [7, 11) is -0.279. The molecule has 4 atom stereocenters. The van der Waals surface area contributed by atoms with Gasteiger partial charge in [-0.2, -0.15) is 0 Å². The highest BCUT2D eigenvalue weighted by atomic mass is 32.2. The Balaban J connectivity index is 1.70. The number of methoxy groups -OCH3 is 2.